The van der Waals surface area contributed by atoms with Crippen molar-refractivity contribution in [2.45, 2.75) is 39.5 Å². The molecule has 0 aromatic rings. The number of halogens is 1. The van der Waals surface area contributed by atoms with Crippen LogP contribution in [0.15, 0.2) is 4.99 Å². The van der Waals surface area contributed by atoms with Crippen molar-refractivity contribution in [2.24, 2.45) is 10.9 Å². The predicted molar refractivity (Wildman–Crippen MR) is 94.5 cm³/mol. The van der Waals surface area contributed by atoms with Crippen LogP contribution in [0.25, 0.3) is 0 Å². The van der Waals surface area contributed by atoms with Gasteiger partial charge < -0.3 is 15.5 Å². The van der Waals surface area contributed by atoms with Gasteiger partial charge in [-0.25, -0.2) is 0 Å². The van der Waals surface area contributed by atoms with E-state index < -0.39 is 0 Å². The summed E-state index contributed by atoms with van der Waals surface area (Å²) < 4.78 is 0. The van der Waals surface area contributed by atoms with Gasteiger partial charge >= 0.3 is 0 Å². The Bertz CT molecular complexity index is 242. The minimum Gasteiger partial charge on any atom is -0.357 e. The molecule has 5 heteroatoms. The Morgan fingerprint density at radius 3 is 2.53 bits per heavy atom. The van der Waals surface area contributed by atoms with Gasteiger partial charge in [-0.05, 0) is 45.7 Å². The third-order valence-electron chi connectivity index (χ3n) is 3.23. The van der Waals surface area contributed by atoms with Crippen LogP contribution >= 0.6 is 24.0 Å². The van der Waals surface area contributed by atoms with Gasteiger partial charge in [0.25, 0.3) is 0 Å². The minimum atomic E-state index is 0. The van der Waals surface area contributed by atoms with Gasteiger partial charge in [0, 0.05) is 26.2 Å². The van der Waals surface area contributed by atoms with Crippen molar-refractivity contribution in [1.82, 2.24) is 15.5 Å². The molecule has 0 aromatic heterocycles. The molecule has 2 N–H and O–H groups in total. The van der Waals surface area contributed by atoms with Gasteiger partial charge in [0.15, 0.2) is 5.96 Å². The van der Waals surface area contributed by atoms with Crippen LogP contribution in [0, 0.1) is 5.92 Å². The average Bonchev–Trinajstić information content (AvgIpc) is 3.17. The summed E-state index contributed by atoms with van der Waals surface area (Å²) in [5, 5.41) is 6.71. The first kappa shape index (κ1) is 19.0. The minimum absolute atomic E-state index is 0. The molecule has 0 atom stereocenters. The van der Waals surface area contributed by atoms with Gasteiger partial charge in [0.05, 0.1) is 0 Å². The first-order valence-corrected chi connectivity index (χ1v) is 7.47. The van der Waals surface area contributed by atoms with Crippen LogP contribution < -0.4 is 10.6 Å². The number of unbranched alkanes of at least 4 members (excludes halogenated alkanes) is 1. The van der Waals surface area contributed by atoms with E-state index in [4.69, 9.17) is 0 Å². The summed E-state index contributed by atoms with van der Waals surface area (Å²) in [6, 6.07) is 0. The summed E-state index contributed by atoms with van der Waals surface area (Å²) >= 11 is 0. The molecule has 114 valence electrons. The maximum atomic E-state index is 4.61. The summed E-state index contributed by atoms with van der Waals surface area (Å²) in [4.78, 5) is 6.99. The Hall–Kier alpha value is -0.0400. The van der Waals surface area contributed by atoms with Crippen molar-refractivity contribution in [1.29, 1.82) is 0 Å². The predicted octanol–water partition coefficient (Wildman–Crippen LogP) is 2.30. The van der Waals surface area contributed by atoms with Crippen molar-refractivity contribution in [2.75, 3.05) is 39.8 Å². The van der Waals surface area contributed by atoms with Gasteiger partial charge in [0.2, 0.25) is 0 Å². The highest BCUT2D eigenvalue weighted by molar-refractivity contribution is 14.0. The number of aliphatic imine (C=N–C) groups is 1. The zero-order chi connectivity index (χ0) is 13.2. The number of hydrogen-bond donors (Lipinski definition) is 2. The summed E-state index contributed by atoms with van der Waals surface area (Å²) in [5.41, 5.74) is 0. The molecule has 0 aromatic carbocycles. The van der Waals surface area contributed by atoms with Gasteiger partial charge in [-0.1, -0.05) is 13.3 Å². The highest BCUT2D eigenvalue weighted by Gasteiger charge is 2.20. The maximum absolute atomic E-state index is 4.61. The van der Waals surface area contributed by atoms with E-state index in [0.29, 0.717) is 0 Å². The van der Waals surface area contributed by atoms with Crippen molar-refractivity contribution < 1.29 is 0 Å². The number of guanidine groups is 1. The topological polar surface area (TPSA) is 39.7 Å². The smallest absolute Gasteiger partial charge is 0.191 e. The number of nitrogens with zero attached hydrogens (tertiary/aromatic N) is 2. The normalized spacial score (nSPS) is 15.3. The highest BCUT2D eigenvalue weighted by Crippen LogP contribution is 2.28. The molecule has 0 aliphatic heterocycles. The van der Waals surface area contributed by atoms with E-state index in [1.54, 1.807) is 0 Å². The van der Waals surface area contributed by atoms with Gasteiger partial charge in [-0.3, -0.25) is 4.99 Å². The molecule has 0 spiro atoms. The summed E-state index contributed by atoms with van der Waals surface area (Å²) in [6.07, 6.45) is 5.28. The SMILES string of the molecule is CCCCN(C)CCNC(=NCC1CC1)NCC.I. The zero-order valence-electron chi connectivity index (χ0n) is 12.7. The molecule has 1 saturated carbocycles. The van der Waals surface area contributed by atoms with Crippen LogP contribution in [0.4, 0.5) is 0 Å². The second-order valence-corrected chi connectivity index (χ2v) is 5.25. The number of hydrogen-bond acceptors (Lipinski definition) is 2. The second-order valence-electron chi connectivity index (χ2n) is 5.25. The number of nitrogens with one attached hydrogen (secondary N) is 2. The van der Waals surface area contributed by atoms with Crippen LogP contribution in [-0.2, 0) is 0 Å². The quantitative estimate of drug-likeness (QED) is 0.365. The van der Waals surface area contributed by atoms with Gasteiger partial charge in [-0.2, -0.15) is 0 Å². The molecule has 4 nitrogen and oxygen atoms in total. The fourth-order valence-corrected chi connectivity index (χ4v) is 1.77. The summed E-state index contributed by atoms with van der Waals surface area (Å²) in [5.74, 6) is 1.83. The largest absolute Gasteiger partial charge is 0.357 e. The van der Waals surface area contributed by atoms with Crippen molar-refractivity contribution in [3.05, 3.63) is 0 Å². The molecule has 0 amide bonds. The monoisotopic (exact) mass is 382 g/mol. The highest BCUT2D eigenvalue weighted by atomic mass is 127. The van der Waals surface area contributed by atoms with Crippen molar-refractivity contribution in [3.8, 4) is 0 Å². The molecule has 0 heterocycles. The van der Waals surface area contributed by atoms with E-state index >= 15 is 0 Å². The molecule has 1 rings (SSSR count). The standard InChI is InChI=1S/C14H30N4.HI/c1-4-6-10-18(3)11-9-16-14(15-5-2)17-12-13-7-8-13;/h13H,4-12H2,1-3H3,(H2,15,16,17);1H. The molecule has 19 heavy (non-hydrogen) atoms. The third-order valence-corrected chi connectivity index (χ3v) is 3.23. The molecule has 1 aliphatic carbocycles. The van der Waals surface area contributed by atoms with Gasteiger partial charge in [0.1, 0.15) is 0 Å². The Kier molecular flexibility index (Phi) is 11.7. The van der Waals surface area contributed by atoms with E-state index in [-0.39, 0.29) is 24.0 Å². The van der Waals surface area contributed by atoms with Gasteiger partial charge in [-0.15, -0.1) is 24.0 Å². The maximum Gasteiger partial charge on any atom is 0.191 e. The molecule has 0 saturated heterocycles. The molecule has 0 unspecified atom stereocenters. The first-order valence-electron chi connectivity index (χ1n) is 7.47. The Labute approximate surface area is 135 Å². The Balaban J connectivity index is 0.00000324. The number of likely N-dealkylation sites (N-methyl/N-ethyl adjacent to an activating group) is 1. The van der Waals surface area contributed by atoms with E-state index in [2.05, 4.69) is 41.4 Å². The first-order chi connectivity index (χ1) is 8.76. The van der Waals surface area contributed by atoms with E-state index in [0.717, 1.165) is 38.1 Å². The van der Waals surface area contributed by atoms with Crippen molar-refractivity contribution in [3.63, 3.8) is 0 Å². The average molecular weight is 382 g/mol. The van der Waals surface area contributed by atoms with E-state index in [1.807, 2.05) is 0 Å². The molecule has 0 bridgehead atoms. The Morgan fingerprint density at radius 2 is 1.95 bits per heavy atom. The van der Waals surface area contributed by atoms with Crippen LogP contribution in [0.5, 0.6) is 0 Å². The summed E-state index contributed by atoms with van der Waals surface area (Å²) in [6.45, 7) is 9.50. The third kappa shape index (κ3) is 10.4. The van der Waals surface area contributed by atoms with Crippen LogP contribution in [0.1, 0.15) is 39.5 Å². The zero-order valence-corrected chi connectivity index (χ0v) is 15.1. The second kappa shape index (κ2) is 11.8. The fraction of sp³-hybridized carbons (Fsp3) is 0.929. The lowest BCUT2D eigenvalue weighted by atomic mass is 10.3. The van der Waals surface area contributed by atoms with Crippen molar-refractivity contribution >= 4 is 29.9 Å². The fourth-order valence-electron chi connectivity index (χ4n) is 1.77. The van der Waals surface area contributed by atoms with Crippen LogP contribution in [-0.4, -0.2) is 50.6 Å². The molecule has 1 aliphatic rings. The lowest BCUT2D eigenvalue weighted by Crippen LogP contribution is -2.41. The molecule has 1 fully saturated rings. The lowest BCUT2D eigenvalue weighted by Gasteiger charge is -2.17. The molecular formula is C14H31IN4. The van der Waals surface area contributed by atoms with E-state index in [9.17, 15) is 0 Å². The van der Waals surface area contributed by atoms with Crippen LogP contribution in [0.2, 0.25) is 0 Å². The lowest BCUT2D eigenvalue weighted by molar-refractivity contribution is 0.332. The molecular weight excluding hydrogens is 351 g/mol. The molecule has 0 radical (unpaired) electrons. The van der Waals surface area contributed by atoms with E-state index in [1.165, 1.54) is 32.2 Å². The Morgan fingerprint density at radius 1 is 1.21 bits per heavy atom. The van der Waals surface area contributed by atoms with Crippen LogP contribution in [0.3, 0.4) is 0 Å². The number of rotatable bonds is 9. The summed E-state index contributed by atoms with van der Waals surface area (Å²) in [7, 11) is 2.19.